The Balaban J connectivity index is 2.06. The molecule has 1 amide bonds. The lowest BCUT2D eigenvalue weighted by Crippen LogP contribution is -2.19. The molecule has 4 heteroatoms. The third-order valence-electron chi connectivity index (χ3n) is 2.62. The first-order chi connectivity index (χ1) is 9.16. The fraction of sp³-hybridized carbons (Fsp3) is 0.0667. The Hall–Kier alpha value is -1.94. The highest BCUT2D eigenvalue weighted by Crippen LogP contribution is 2.11. The van der Waals surface area contributed by atoms with Gasteiger partial charge >= 0.3 is 0 Å². The average molecular weight is 317 g/mol. The van der Waals surface area contributed by atoms with Gasteiger partial charge in [-0.1, -0.05) is 46.3 Å². The second-order valence-electron chi connectivity index (χ2n) is 4.01. The molecule has 0 aliphatic carbocycles. The first-order valence-corrected chi connectivity index (χ1v) is 6.62. The molecule has 96 valence electrons. The number of hydrogen-bond donors (Lipinski definition) is 1. The van der Waals surface area contributed by atoms with E-state index in [4.69, 9.17) is 0 Å². The topological polar surface area (TPSA) is 41.5 Å². The highest BCUT2D eigenvalue weighted by Gasteiger charge is 2.03. The van der Waals surface area contributed by atoms with E-state index < -0.39 is 0 Å². The maximum atomic E-state index is 11.8. The van der Waals surface area contributed by atoms with Gasteiger partial charge in [-0.2, -0.15) is 5.10 Å². The van der Waals surface area contributed by atoms with Crippen molar-refractivity contribution in [2.24, 2.45) is 5.10 Å². The van der Waals surface area contributed by atoms with Gasteiger partial charge in [0.05, 0.1) is 5.71 Å². The van der Waals surface area contributed by atoms with Crippen LogP contribution < -0.4 is 5.43 Å². The van der Waals surface area contributed by atoms with E-state index in [1.54, 1.807) is 12.1 Å². The number of carbonyl (C=O) groups excluding carboxylic acids is 1. The van der Waals surface area contributed by atoms with Crippen LogP contribution in [0.15, 0.2) is 64.2 Å². The van der Waals surface area contributed by atoms with Gasteiger partial charge in [0.2, 0.25) is 0 Å². The molecule has 0 aliphatic rings. The fourth-order valence-corrected chi connectivity index (χ4v) is 1.81. The molecule has 0 bridgehead atoms. The molecule has 2 aromatic carbocycles. The Labute approximate surface area is 120 Å². The number of hydrogen-bond acceptors (Lipinski definition) is 2. The lowest BCUT2D eigenvalue weighted by Gasteiger charge is -2.03. The van der Waals surface area contributed by atoms with Gasteiger partial charge < -0.3 is 0 Å². The molecule has 0 atom stereocenters. The summed E-state index contributed by atoms with van der Waals surface area (Å²) in [6.07, 6.45) is 0. The van der Waals surface area contributed by atoms with E-state index in [1.807, 2.05) is 49.4 Å². The third kappa shape index (κ3) is 3.76. The normalized spacial score (nSPS) is 11.2. The van der Waals surface area contributed by atoms with Crippen molar-refractivity contribution in [1.29, 1.82) is 0 Å². The average Bonchev–Trinajstić information content (AvgIpc) is 2.46. The summed E-state index contributed by atoms with van der Waals surface area (Å²) < 4.78 is 1.01. The zero-order valence-corrected chi connectivity index (χ0v) is 12.0. The minimum Gasteiger partial charge on any atom is -0.267 e. The number of benzene rings is 2. The lowest BCUT2D eigenvalue weighted by molar-refractivity contribution is 0.0955. The lowest BCUT2D eigenvalue weighted by atomic mass is 10.1. The summed E-state index contributed by atoms with van der Waals surface area (Å²) in [5, 5.41) is 4.10. The van der Waals surface area contributed by atoms with Crippen molar-refractivity contribution in [2.75, 3.05) is 0 Å². The predicted octanol–water partition coefficient (Wildman–Crippen LogP) is 3.60. The van der Waals surface area contributed by atoms with Crippen molar-refractivity contribution in [3.63, 3.8) is 0 Å². The van der Waals surface area contributed by atoms with Crippen molar-refractivity contribution in [3.05, 3.63) is 70.2 Å². The number of nitrogens with zero attached hydrogens (tertiary/aromatic N) is 1. The van der Waals surface area contributed by atoms with Gasteiger partial charge in [0.25, 0.3) is 5.91 Å². The molecule has 0 unspecified atom stereocenters. The predicted molar refractivity (Wildman–Crippen MR) is 80.3 cm³/mol. The molecule has 0 radical (unpaired) electrons. The summed E-state index contributed by atoms with van der Waals surface area (Å²) in [5.74, 6) is -0.211. The van der Waals surface area contributed by atoms with Crippen LogP contribution in [0.25, 0.3) is 0 Å². The maximum Gasteiger partial charge on any atom is 0.271 e. The monoisotopic (exact) mass is 316 g/mol. The summed E-state index contributed by atoms with van der Waals surface area (Å²) in [4.78, 5) is 11.8. The molecule has 0 heterocycles. The Morgan fingerprint density at radius 1 is 1.00 bits per heavy atom. The van der Waals surface area contributed by atoms with Gasteiger partial charge in [-0.05, 0) is 36.8 Å². The van der Waals surface area contributed by atoms with E-state index in [2.05, 4.69) is 26.5 Å². The molecule has 0 saturated carbocycles. The maximum absolute atomic E-state index is 11.8. The molecule has 19 heavy (non-hydrogen) atoms. The van der Waals surface area contributed by atoms with Crippen molar-refractivity contribution in [2.45, 2.75) is 6.92 Å². The minimum absolute atomic E-state index is 0.211. The number of hydrazone groups is 1. The van der Waals surface area contributed by atoms with Crippen LogP contribution in [0, 0.1) is 0 Å². The van der Waals surface area contributed by atoms with Crippen LogP contribution >= 0.6 is 15.9 Å². The Morgan fingerprint density at radius 3 is 2.26 bits per heavy atom. The SMILES string of the molecule is CC(=NNC(=O)c1ccccc1)c1ccc(Br)cc1. The summed E-state index contributed by atoms with van der Waals surface area (Å²) >= 11 is 3.38. The molecular weight excluding hydrogens is 304 g/mol. The molecular formula is C15H13BrN2O. The highest BCUT2D eigenvalue weighted by molar-refractivity contribution is 9.10. The Bertz CT molecular complexity index is 591. The van der Waals surface area contributed by atoms with E-state index in [9.17, 15) is 4.79 Å². The third-order valence-corrected chi connectivity index (χ3v) is 3.15. The van der Waals surface area contributed by atoms with Crippen LogP contribution in [0.1, 0.15) is 22.8 Å². The molecule has 0 spiro atoms. The van der Waals surface area contributed by atoms with Gasteiger partial charge in [-0.25, -0.2) is 5.43 Å². The second-order valence-corrected chi connectivity index (χ2v) is 4.93. The standard InChI is InChI=1S/C15H13BrN2O/c1-11(12-7-9-14(16)10-8-12)17-18-15(19)13-5-3-2-4-6-13/h2-10H,1H3,(H,18,19). The van der Waals surface area contributed by atoms with Crippen LogP contribution in [0.3, 0.4) is 0 Å². The molecule has 2 rings (SSSR count). The largest absolute Gasteiger partial charge is 0.271 e. The molecule has 0 fully saturated rings. The number of amides is 1. The van der Waals surface area contributed by atoms with E-state index in [0.29, 0.717) is 5.56 Å². The summed E-state index contributed by atoms with van der Waals surface area (Å²) in [7, 11) is 0. The zero-order valence-electron chi connectivity index (χ0n) is 10.4. The van der Waals surface area contributed by atoms with E-state index >= 15 is 0 Å². The van der Waals surface area contributed by atoms with Crippen LogP contribution in [0.5, 0.6) is 0 Å². The first-order valence-electron chi connectivity index (χ1n) is 5.82. The summed E-state index contributed by atoms with van der Waals surface area (Å²) in [6, 6.07) is 16.8. The van der Waals surface area contributed by atoms with Gasteiger partial charge in [-0.3, -0.25) is 4.79 Å². The van der Waals surface area contributed by atoms with Crippen LogP contribution in [0.4, 0.5) is 0 Å². The number of rotatable bonds is 3. The van der Waals surface area contributed by atoms with Crippen molar-refractivity contribution < 1.29 is 4.79 Å². The Kier molecular flexibility index (Phi) is 4.47. The molecule has 2 aromatic rings. The van der Waals surface area contributed by atoms with E-state index in [-0.39, 0.29) is 5.91 Å². The van der Waals surface area contributed by atoms with E-state index in [1.165, 1.54) is 0 Å². The second kappa shape index (κ2) is 6.29. The number of carbonyl (C=O) groups is 1. The summed E-state index contributed by atoms with van der Waals surface area (Å²) in [5.41, 5.74) is 4.87. The van der Waals surface area contributed by atoms with Crippen molar-refractivity contribution in [3.8, 4) is 0 Å². The van der Waals surface area contributed by atoms with Crippen LogP contribution in [-0.2, 0) is 0 Å². The van der Waals surface area contributed by atoms with Gasteiger partial charge in [-0.15, -0.1) is 0 Å². The smallest absolute Gasteiger partial charge is 0.267 e. The quantitative estimate of drug-likeness (QED) is 0.682. The number of halogens is 1. The Morgan fingerprint density at radius 2 is 1.63 bits per heavy atom. The van der Waals surface area contributed by atoms with Gasteiger partial charge in [0.1, 0.15) is 0 Å². The molecule has 0 aliphatic heterocycles. The van der Waals surface area contributed by atoms with Crippen molar-refractivity contribution in [1.82, 2.24) is 5.43 Å². The minimum atomic E-state index is -0.211. The highest BCUT2D eigenvalue weighted by atomic mass is 79.9. The molecule has 0 aromatic heterocycles. The van der Waals surface area contributed by atoms with Crippen LogP contribution in [-0.4, -0.2) is 11.6 Å². The molecule has 3 nitrogen and oxygen atoms in total. The molecule has 0 saturated heterocycles. The first kappa shape index (κ1) is 13.5. The molecule has 1 N–H and O–H groups in total. The zero-order chi connectivity index (χ0) is 13.7. The van der Waals surface area contributed by atoms with Gasteiger partial charge in [0, 0.05) is 10.0 Å². The van der Waals surface area contributed by atoms with Gasteiger partial charge in [0.15, 0.2) is 0 Å². The summed E-state index contributed by atoms with van der Waals surface area (Å²) in [6.45, 7) is 1.86. The van der Waals surface area contributed by atoms with Crippen molar-refractivity contribution >= 4 is 27.5 Å². The fourth-order valence-electron chi connectivity index (χ4n) is 1.54. The van der Waals surface area contributed by atoms with Crippen LogP contribution in [0.2, 0.25) is 0 Å². The number of nitrogens with one attached hydrogen (secondary N) is 1. The van der Waals surface area contributed by atoms with E-state index in [0.717, 1.165) is 15.7 Å².